The van der Waals surface area contributed by atoms with Crippen molar-refractivity contribution >= 4 is 26.0 Å². The molecule has 1 aliphatic heterocycles. The molecule has 1 aliphatic rings. The Hall–Kier alpha value is -0.470. The molecule has 1 aromatic rings. The first kappa shape index (κ1) is 16.9. The first-order valence-electron chi connectivity index (χ1n) is 6.92. The van der Waals surface area contributed by atoms with E-state index in [2.05, 4.69) is 20.8 Å². The van der Waals surface area contributed by atoms with Crippen molar-refractivity contribution in [3.63, 3.8) is 0 Å². The largest absolute Gasteiger partial charge is 0.392 e. The van der Waals surface area contributed by atoms with E-state index >= 15 is 0 Å². The monoisotopic (exact) mass is 376 g/mol. The third kappa shape index (κ3) is 3.65. The van der Waals surface area contributed by atoms with Gasteiger partial charge in [0.2, 0.25) is 10.0 Å². The van der Waals surface area contributed by atoms with Crippen molar-refractivity contribution in [3.05, 3.63) is 28.2 Å². The minimum absolute atomic E-state index is 0.176. The van der Waals surface area contributed by atoms with Crippen LogP contribution in [0, 0.1) is 0 Å². The predicted molar refractivity (Wildman–Crippen MR) is 85.5 cm³/mol. The van der Waals surface area contributed by atoms with Gasteiger partial charge in [0.15, 0.2) is 0 Å². The lowest BCUT2D eigenvalue weighted by molar-refractivity contribution is 0.271. The first-order chi connectivity index (χ1) is 9.86. The molecule has 1 unspecified atom stereocenters. The van der Waals surface area contributed by atoms with E-state index < -0.39 is 10.0 Å². The summed E-state index contributed by atoms with van der Waals surface area (Å²) in [7, 11) is 0.0744. The van der Waals surface area contributed by atoms with Gasteiger partial charge in [-0.05, 0) is 60.1 Å². The molecule has 1 atom stereocenters. The molecule has 5 nitrogen and oxygen atoms in total. The summed E-state index contributed by atoms with van der Waals surface area (Å²) >= 11 is 3.29. The van der Waals surface area contributed by atoms with Gasteiger partial charge in [-0.25, -0.2) is 8.42 Å². The van der Waals surface area contributed by atoms with Gasteiger partial charge in [0.25, 0.3) is 0 Å². The summed E-state index contributed by atoms with van der Waals surface area (Å²) in [5, 5.41) is 9.19. The van der Waals surface area contributed by atoms with Crippen LogP contribution in [0.4, 0.5) is 0 Å². The maximum Gasteiger partial charge on any atom is 0.244 e. The van der Waals surface area contributed by atoms with Gasteiger partial charge in [-0.15, -0.1) is 0 Å². The van der Waals surface area contributed by atoms with Crippen LogP contribution in [0.1, 0.15) is 18.4 Å². The number of halogens is 1. The molecule has 0 radical (unpaired) electrons. The number of likely N-dealkylation sites (N-methyl/N-ethyl adjacent to an activating group) is 2. The fraction of sp³-hybridized carbons (Fsp3) is 0.571. The number of likely N-dealkylation sites (tertiary alicyclic amines) is 1. The fourth-order valence-electron chi connectivity index (χ4n) is 2.62. The first-order valence-corrected chi connectivity index (χ1v) is 9.15. The topological polar surface area (TPSA) is 60.9 Å². The maximum atomic E-state index is 12.7. The Labute approximate surface area is 134 Å². The number of nitrogens with zero attached hydrogens (tertiary/aromatic N) is 2. The molecule has 118 valence electrons. The van der Waals surface area contributed by atoms with Crippen molar-refractivity contribution in [2.75, 3.05) is 27.2 Å². The zero-order valence-electron chi connectivity index (χ0n) is 12.3. The number of hydrogen-bond donors (Lipinski definition) is 1. The third-order valence-corrected chi connectivity index (χ3v) is 6.82. The van der Waals surface area contributed by atoms with Crippen LogP contribution in [0.2, 0.25) is 0 Å². The summed E-state index contributed by atoms with van der Waals surface area (Å²) in [5.74, 6) is 0. The molecule has 0 spiro atoms. The minimum atomic E-state index is -3.56. The lowest BCUT2D eigenvalue weighted by Gasteiger charge is -2.25. The molecular weight excluding hydrogens is 356 g/mol. The molecule has 0 amide bonds. The number of hydrogen-bond acceptors (Lipinski definition) is 4. The lowest BCUT2D eigenvalue weighted by atomic mass is 10.2. The van der Waals surface area contributed by atoms with Gasteiger partial charge in [-0.3, -0.25) is 0 Å². The smallest absolute Gasteiger partial charge is 0.244 e. The van der Waals surface area contributed by atoms with E-state index in [1.54, 1.807) is 19.2 Å². The van der Waals surface area contributed by atoms with Gasteiger partial charge in [-0.1, -0.05) is 6.07 Å². The summed E-state index contributed by atoms with van der Waals surface area (Å²) in [6.07, 6.45) is 2.13. The highest BCUT2D eigenvalue weighted by molar-refractivity contribution is 9.10. The van der Waals surface area contributed by atoms with Crippen LogP contribution >= 0.6 is 15.9 Å². The van der Waals surface area contributed by atoms with Crippen LogP contribution in [0.25, 0.3) is 0 Å². The van der Waals surface area contributed by atoms with Gasteiger partial charge < -0.3 is 10.0 Å². The van der Waals surface area contributed by atoms with Gasteiger partial charge in [0, 0.05) is 24.1 Å². The van der Waals surface area contributed by atoms with Crippen LogP contribution < -0.4 is 0 Å². The second-order valence-electron chi connectivity index (χ2n) is 5.49. The molecule has 1 N–H and O–H groups in total. The van der Waals surface area contributed by atoms with E-state index in [-0.39, 0.29) is 17.5 Å². The van der Waals surface area contributed by atoms with Crippen molar-refractivity contribution in [2.45, 2.75) is 30.4 Å². The molecule has 0 aliphatic carbocycles. The molecule has 0 saturated carbocycles. The number of aliphatic hydroxyl groups excluding tert-OH is 1. The van der Waals surface area contributed by atoms with Gasteiger partial charge in [0.1, 0.15) is 0 Å². The van der Waals surface area contributed by atoms with Crippen molar-refractivity contribution < 1.29 is 13.5 Å². The molecule has 1 heterocycles. The van der Waals surface area contributed by atoms with Crippen LogP contribution in [-0.4, -0.2) is 56.0 Å². The highest BCUT2D eigenvalue weighted by Crippen LogP contribution is 2.27. The zero-order valence-corrected chi connectivity index (χ0v) is 14.7. The molecule has 2 rings (SSSR count). The molecule has 1 aromatic carbocycles. The lowest BCUT2D eigenvalue weighted by Crippen LogP contribution is -2.39. The zero-order chi connectivity index (χ0) is 15.6. The highest BCUT2D eigenvalue weighted by Gasteiger charge is 2.29. The number of benzene rings is 1. The second-order valence-corrected chi connectivity index (χ2v) is 8.35. The summed E-state index contributed by atoms with van der Waals surface area (Å²) < 4.78 is 27.3. The number of sulfonamides is 1. The van der Waals surface area contributed by atoms with Crippen molar-refractivity contribution in [1.29, 1.82) is 0 Å². The van der Waals surface area contributed by atoms with E-state index in [4.69, 9.17) is 0 Å². The molecule has 7 heteroatoms. The number of aliphatic hydroxyl groups is 1. The average molecular weight is 377 g/mol. The van der Waals surface area contributed by atoms with Crippen LogP contribution in [-0.2, 0) is 16.6 Å². The average Bonchev–Trinajstić information content (AvgIpc) is 2.84. The van der Waals surface area contributed by atoms with Gasteiger partial charge in [-0.2, -0.15) is 4.31 Å². The molecule has 1 fully saturated rings. The van der Waals surface area contributed by atoms with Crippen LogP contribution in [0.3, 0.4) is 0 Å². The summed E-state index contributed by atoms with van der Waals surface area (Å²) in [6.45, 7) is 1.32. The molecule has 1 saturated heterocycles. The summed E-state index contributed by atoms with van der Waals surface area (Å²) in [6, 6.07) is 5.15. The highest BCUT2D eigenvalue weighted by atomic mass is 79.9. The normalized spacial score (nSPS) is 20.3. The predicted octanol–water partition coefficient (Wildman–Crippen LogP) is 1.66. The van der Waals surface area contributed by atoms with E-state index in [9.17, 15) is 13.5 Å². The minimum Gasteiger partial charge on any atom is -0.392 e. The molecular formula is C14H21BrN2O3S. The third-order valence-electron chi connectivity index (χ3n) is 4.01. The Bertz CT molecular complexity index is 606. The Morgan fingerprint density at radius 2 is 2.19 bits per heavy atom. The summed E-state index contributed by atoms with van der Waals surface area (Å²) in [5.41, 5.74) is 0.586. The van der Waals surface area contributed by atoms with E-state index in [0.717, 1.165) is 19.4 Å². The molecule has 0 bridgehead atoms. The van der Waals surface area contributed by atoms with Crippen LogP contribution in [0.15, 0.2) is 27.6 Å². The van der Waals surface area contributed by atoms with Gasteiger partial charge >= 0.3 is 0 Å². The van der Waals surface area contributed by atoms with E-state index in [1.807, 2.05) is 7.05 Å². The van der Waals surface area contributed by atoms with Gasteiger partial charge in [0.05, 0.1) is 11.5 Å². The maximum absolute atomic E-state index is 12.7. The second kappa shape index (κ2) is 6.75. The van der Waals surface area contributed by atoms with Crippen molar-refractivity contribution in [1.82, 2.24) is 9.21 Å². The Kier molecular flexibility index (Phi) is 5.43. The standard InChI is InChI=1S/C14H21BrN2O3S/c1-16-7-3-4-12(16)9-17(2)21(19,20)14-8-11(10-18)5-6-13(14)15/h5-6,8,12,18H,3-4,7,9-10H2,1-2H3. The molecule has 0 aromatic heterocycles. The van der Waals surface area contributed by atoms with Crippen molar-refractivity contribution in [3.8, 4) is 0 Å². The number of rotatable bonds is 5. The SMILES string of the molecule is CN1CCCC1CN(C)S(=O)(=O)c1cc(CO)ccc1Br. The molecule has 21 heavy (non-hydrogen) atoms. The Morgan fingerprint density at radius 3 is 2.76 bits per heavy atom. The fourth-order valence-corrected chi connectivity index (χ4v) is 4.80. The van der Waals surface area contributed by atoms with E-state index in [1.165, 1.54) is 10.4 Å². The van der Waals surface area contributed by atoms with Crippen LogP contribution in [0.5, 0.6) is 0 Å². The quantitative estimate of drug-likeness (QED) is 0.848. The summed E-state index contributed by atoms with van der Waals surface area (Å²) in [4.78, 5) is 2.41. The van der Waals surface area contributed by atoms with Crippen molar-refractivity contribution in [2.24, 2.45) is 0 Å². The Morgan fingerprint density at radius 1 is 1.48 bits per heavy atom. The van der Waals surface area contributed by atoms with E-state index in [0.29, 0.717) is 16.6 Å². The Balaban J connectivity index is 2.24.